The minimum atomic E-state index is -0.722. The Morgan fingerprint density at radius 2 is 1.95 bits per heavy atom. The Hall–Kier alpha value is -1.51. The van der Waals surface area contributed by atoms with Crippen molar-refractivity contribution in [3.8, 4) is 0 Å². The fraction of sp³-hybridized carbons (Fsp3) is 0.562. The van der Waals surface area contributed by atoms with Gasteiger partial charge in [0.2, 0.25) is 0 Å². The van der Waals surface area contributed by atoms with Gasteiger partial charge in [-0.15, -0.1) is 0 Å². The number of carbonyl (C=O) groups is 1. The largest absolute Gasteiger partial charge is 0.481 e. The zero-order valence-corrected chi connectivity index (χ0v) is 11.7. The van der Waals surface area contributed by atoms with Crippen molar-refractivity contribution in [2.24, 2.45) is 0 Å². The minimum absolute atomic E-state index is 0.189. The maximum Gasteiger partial charge on any atom is 0.304 e. The molecular weight excluding hydrogens is 238 g/mol. The summed E-state index contributed by atoms with van der Waals surface area (Å²) in [6.45, 7) is 6.37. The van der Waals surface area contributed by atoms with Gasteiger partial charge in [-0.2, -0.15) is 0 Å². The molecule has 0 aliphatic carbocycles. The molecule has 19 heavy (non-hydrogen) atoms. The molecule has 0 radical (unpaired) electrons. The molecule has 1 aromatic carbocycles. The molecule has 0 saturated carbocycles. The van der Waals surface area contributed by atoms with Gasteiger partial charge in [0.25, 0.3) is 0 Å². The third kappa shape index (κ3) is 2.11. The predicted molar refractivity (Wildman–Crippen MR) is 76.0 cm³/mol. The first-order valence-corrected chi connectivity index (χ1v) is 7.10. The van der Waals surface area contributed by atoms with Crippen LogP contribution in [0.1, 0.15) is 43.4 Å². The van der Waals surface area contributed by atoms with E-state index < -0.39 is 5.97 Å². The van der Waals surface area contributed by atoms with Crippen molar-refractivity contribution in [2.75, 3.05) is 18.0 Å². The number of nitrogens with zero attached hydrogens (tertiary/aromatic N) is 1. The molecule has 3 nitrogen and oxygen atoms in total. The van der Waals surface area contributed by atoms with Gasteiger partial charge in [0.15, 0.2) is 0 Å². The first kappa shape index (κ1) is 12.5. The van der Waals surface area contributed by atoms with E-state index in [-0.39, 0.29) is 11.8 Å². The number of aryl methyl sites for hydroxylation is 1. The summed E-state index contributed by atoms with van der Waals surface area (Å²) >= 11 is 0. The zero-order chi connectivity index (χ0) is 13.6. The second kappa shape index (κ2) is 4.26. The van der Waals surface area contributed by atoms with Crippen molar-refractivity contribution in [1.29, 1.82) is 0 Å². The number of anilines is 1. The van der Waals surface area contributed by atoms with Crippen molar-refractivity contribution >= 4 is 11.7 Å². The maximum absolute atomic E-state index is 11.0. The predicted octanol–water partition coefficient (Wildman–Crippen LogP) is 2.75. The summed E-state index contributed by atoms with van der Waals surface area (Å²) in [4.78, 5) is 13.5. The van der Waals surface area contributed by atoms with E-state index in [1.54, 1.807) is 0 Å². The van der Waals surface area contributed by atoms with Gasteiger partial charge >= 0.3 is 5.97 Å². The Morgan fingerprint density at radius 1 is 1.26 bits per heavy atom. The number of hydrogen-bond acceptors (Lipinski definition) is 2. The minimum Gasteiger partial charge on any atom is -0.481 e. The lowest BCUT2D eigenvalue weighted by Gasteiger charge is -2.30. The second-order valence-electron chi connectivity index (χ2n) is 6.44. The lowest BCUT2D eigenvalue weighted by Crippen LogP contribution is -2.27. The van der Waals surface area contributed by atoms with Crippen molar-refractivity contribution in [1.82, 2.24) is 0 Å². The topological polar surface area (TPSA) is 40.5 Å². The second-order valence-corrected chi connectivity index (χ2v) is 6.44. The molecule has 102 valence electrons. The van der Waals surface area contributed by atoms with E-state index in [1.807, 2.05) is 13.8 Å². The van der Waals surface area contributed by atoms with Gasteiger partial charge in [-0.1, -0.05) is 26.0 Å². The van der Waals surface area contributed by atoms with Crippen LogP contribution in [0.25, 0.3) is 0 Å². The average Bonchev–Trinajstić information content (AvgIpc) is 2.73. The molecule has 0 unspecified atom stereocenters. The average molecular weight is 259 g/mol. The maximum atomic E-state index is 11.0. The summed E-state index contributed by atoms with van der Waals surface area (Å²) in [7, 11) is 0. The SMILES string of the molecule is CC(C)(CC(=O)O)c1cc2c3c(c1)CCN3CCC2. The number of hydrogen-bond donors (Lipinski definition) is 1. The van der Waals surface area contributed by atoms with Crippen LogP contribution in [0.2, 0.25) is 0 Å². The summed E-state index contributed by atoms with van der Waals surface area (Å²) in [5.41, 5.74) is 5.19. The van der Waals surface area contributed by atoms with Crippen LogP contribution in [0.4, 0.5) is 5.69 Å². The van der Waals surface area contributed by atoms with E-state index in [4.69, 9.17) is 5.11 Å². The first-order chi connectivity index (χ1) is 8.97. The van der Waals surface area contributed by atoms with Gasteiger partial charge in [0, 0.05) is 24.2 Å². The lowest BCUT2D eigenvalue weighted by atomic mass is 9.79. The van der Waals surface area contributed by atoms with Crippen molar-refractivity contribution in [3.05, 3.63) is 28.8 Å². The molecule has 2 heterocycles. The van der Waals surface area contributed by atoms with E-state index in [0.29, 0.717) is 0 Å². The quantitative estimate of drug-likeness (QED) is 0.907. The Morgan fingerprint density at radius 3 is 2.63 bits per heavy atom. The Kier molecular flexibility index (Phi) is 2.80. The van der Waals surface area contributed by atoms with Crippen LogP contribution in [0.15, 0.2) is 12.1 Å². The highest BCUT2D eigenvalue weighted by molar-refractivity contribution is 5.70. The molecule has 3 heteroatoms. The molecule has 2 aliphatic rings. The zero-order valence-electron chi connectivity index (χ0n) is 11.7. The summed E-state index contributed by atoms with van der Waals surface area (Å²) in [6, 6.07) is 4.49. The molecule has 0 saturated heterocycles. The van der Waals surface area contributed by atoms with Crippen LogP contribution in [-0.4, -0.2) is 24.2 Å². The standard InChI is InChI=1S/C16H21NO2/c1-16(2,10-14(18)19)13-8-11-4-3-6-17-7-5-12(9-13)15(11)17/h8-9H,3-7,10H2,1-2H3,(H,18,19). The molecular formula is C16H21NO2. The van der Waals surface area contributed by atoms with Crippen LogP contribution in [0.5, 0.6) is 0 Å². The molecule has 3 rings (SSSR count). The third-order valence-electron chi connectivity index (χ3n) is 4.48. The van der Waals surface area contributed by atoms with E-state index in [0.717, 1.165) is 19.4 Å². The van der Waals surface area contributed by atoms with Crippen molar-refractivity contribution < 1.29 is 9.90 Å². The number of carboxylic acid groups (broad SMARTS) is 1. The van der Waals surface area contributed by atoms with Crippen LogP contribution < -0.4 is 4.90 Å². The first-order valence-electron chi connectivity index (χ1n) is 7.10. The molecule has 0 atom stereocenters. The molecule has 1 N–H and O–H groups in total. The van der Waals surface area contributed by atoms with Crippen molar-refractivity contribution in [3.63, 3.8) is 0 Å². The van der Waals surface area contributed by atoms with Crippen LogP contribution >= 0.6 is 0 Å². The van der Waals surface area contributed by atoms with Gasteiger partial charge < -0.3 is 10.0 Å². The van der Waals surface area contributed by atoms with E-state index >= 15 is 0 Å². The molecule has 0 fully saturated rings. The highest BCUT2D eigenvalue weighted by Gasteiger charge is 2.30. The number of aliphatic carboxylic acids is 1. The van der Waals surface area contributed by atoms with Gasteiger partial charge in [0.1, 0.15) is 0 Å². The Bertz CT molecular complexity index is 534. The summed E-state index contributed by atoms with van der Waals surface area (Å²) in [5.74, 6) is -0.722. The van der Waals surface area contributed by atoms with Crippen LogP contribution in [0, 0.1) is 0 Å². The molecule has 0 bridgehead atoms. The molecule has 0 spiro atoms. The fourth-order valence-corrected chi connectivity index (χ4v) is 3.47. The van der Waals surface area contributed by atoms with Crippen LogP contribution in [0.3, 0.4) is 0 Å². The number of benzene rings is 1. The summed E-state index contributed by atoms with van der Waals surface area (Å²) < 4.78 is 0. The Labute approximate surface area is 114 Å². The molecule has 1 aromatic rings. The van der Waals surface area contributed by atoms with Gasteiger partial charge in [0.05, 0.1) is 6.42 Å². The molecule has 0 amide bonds. The fourth-order valence-electron chi connectivity index (χ4n) is 3.47. The van der Waals surface area contributed by atoms with Crippen molar-refractivity contribution in [2.45, 2.75) is 44.9 Å². The monoisotopic (exact) mass is 259 g/mol. The van der Waals surface area contributed by atoms with Gasteiger partial charge in [-0.3, -0.25) is 4.79 Å². The van der Waals surface area contributed by atoms with E-state index in [9.17, 15) is 4.79 Å². The summed E-state index contributed by atoms with van der Waals surface area (Å²) in [6.07, 6.45) is 3.65. The summed E-state index contributed by atoms with van der Waals surface area (Å²) in [5, 5.41) is 9.08. The van der Waals surface area contributed by atoms with Gasteiger partial charge in [-0.25, -0.2) is 0 Å². The van der Waals surface area contributed by atoms with Crippen LogP contribution in [-0.2, 0) is 23.1 Å². The highest BCUT2D eigenvalue weighted by Crippen LogP contribution is 2.40. The normalized spacial score (nSPS) is 17.5. The highest BCUT2D eigenvalue weighted by atomic mass is 16.4. The molecule has 2 aliphatic heterocycles. The van der Waals surface area contributed by atoms with Gasteiger partial charge in [-0.05, 0) is 36.0 Å². The van der Waals surface area contributed by atoms with E-state index in [1.165, 1.54) is 35.3 Å². The Balaban J connectivity index is 2.03. The smallest absolute Gasteiger partial charge is 0.304 e. The number of carboxylic acids is 1. The third-order valence-corrected chi connectivity index (χ3v) is 4.48. The van der Waals surface area contributed by atoms with E-state index in [2.05, 4.69) is 17.0 Å². The lowest BCUT2D eigenvalue weighted by molar-refractivity contribution is -0.138. The molecule has 0 aromatic heterocycles. The number of rotatable bonds is 3.